The highest BCUT2D eigenvalue weighted by molar-refractivity contribution is 6.10. The van der Waals surface area contributed by atoms with Gasteiger partial charge in [0.1, 0.15) is 23.7 Å². The molecule has 146 valence electrons. The maximum absolute atomic E-state index is 14.1. The summed E-state index contributed by atoms with van der Waals surface area (Å²) in [6.45, 7) is 2.77. The fourth-order valence-electron chi connectivity index (χ4n) is 2.64. The lowest BCUT2D eigenvalue weighted by atomic mass is 9.91. The third kappa shape index (κ3) is 4.39. The zero-order valence-corrected chi connectivity index (χ0v) is 14.9. The smallest absolute Gasteiger partial charge is 0.325 e. The van der Waals surface area contributed by atoms with E-state index in [1.165, 1.54) is 6.92 Å². The zero-order valence-electron chi connectivity index (χ0n) is 14.9. The van der Waals surface area contributed by atoms with E-state index in [1.807, 2.05) is 12.2 Å². The SMILES string of the molecule is CCCCNC(=O)NC(=O)CN1C(=O)NC(C)(c2cc(F)ccc2F)C1=O. The third-order valence-corrected chi connectivity index (χ3v) is 4.11. The summed E-state index contributed by atoms with van der Waals surface area (Å²) in [4.78, 5) is 48.7. The molecular weight excluding hydrogens is 362 g/mol. The molecule has 1 aromatic rings. The number of benzene rings is 1. The molecule has 1 aliphatic heterocycles. The fraction of sp³-hybridized carbons (Fsp3) is 0.412. The van der Waals surface area contributed by atoms with E-state index in [0.29, 0.717) is 11.4 Å². The lowest BCUT2D eigenvalue weighted by Crippen LogP contribution is -2.47. The van der Waals surface area contributed by atoms with Gasteiger partial charge < -0.3 is 10.6 Å². The number of imide groups is 2. The Morgan fingerprint density at radius 1 is 1.26 bits per heavy atom. The van der Waals surface area contributed by atoms with E-state index in [-0.39, 0.29) is 5.56 Å². The molecule has 8 nitrogen and oxygen atoms in total. The van der Waals surface area contributed by atoms with Crippen molar-refractivity contribution in [3.8, 4) is 0 Å². The van der Waals surface area contributed by atoms with E-state index in [2.05, 4.69) is 10.6 Å². The van der Waals surface area contributed by atoms with Crippen LogP contribution in [0, 0.1) is 11.6 Å². The Hall–Kier alpha value is -3.04. The lowest BCUT2D eigenvalue weighted by Gasteiger charge is -2.22. The number of hydrogen-bond donors (Lipinski definition) is 3. The van der Waals surface area contributed by atoms with Crippen molar-refractivity contribution < 1.29 is 28.0 Å². The maximum Gasteiger partial charge on any atom is 0.325 e. The molecule has 1 heterocycles. The highest BCUT2D eigenvalue weighted by atomic mass is 19.1. The van der Waals surface area contributed by atoms with Crippen LogP contribution in [0.15, 0.2) is 18.2 Å². The van der Waals surface area contributed by atoms with Crippen molar-refractivity contribution in [1.29, 1.82) is 0 Å². The van der Waals surface area contributed by atoms with Gasteiger partial charge in [-0.1, -0.05) is 13.3 Å². The summed E-state index contributed by atoms with van der Waals surface area (Å²) in [6, 6.07) is 0.822. The van der Waals surface area contributed by atoms with Crippen molar-refractivity contribution in [2.45, 2.75) is 32.2 Å². The summed E-state index contributed by atoms with van der Waals surface area (Å²) in [7, 11) is 0. The molecule has 27 heavy (non-hydrogen) atoms. The first-order valence-corrected chi connectivity index (χ1v) is 8.36. The second kappa shape index (κ2) is 8.11. The Morgan fingerprint density at radius 2 is 1.96 bits per heavy atom. The minimum absolute atomic E-state index is 0.360. The Kier molecular flexibility index (Phi) is 6.09. The van der Waals surface area contributed by atoms with Gasteiger partial charge in [0.25, 0.3) is 5.91 Å². The topological polar surface area (TPSA) is 108 Å². The molecule has 0 aromatic heterocycles. The summed E-state index contributed by atoms with van der Waals surface area (Å²) in [6.07, 6.45) is 1.58. The molecule has 0 saturated carbocycles. The van der Waals surface area contributed by atoms with Gasteiger partial charge in [0.15, 0.2) is 0 Å². The number of urea groups is 2. The molecule has 1 unspecified atom stereocenters. The molecule has 1 atom stereocenters. The number of unbranched alkanes of at least 4 members (excludes halogenated alkanes) is 1. The molecule has 6 amide bonds. The summed E-state index contributed by atoms with van der Waals surface area (Å²) in [5, 5.41) is 6.71. The van der Waals surface area contributed by atoms with Crippen LogP contribution in [0.2, 0.25) is 0 Å². The van der Waals surface area contributed by atoms with Crippen molar-refractivity contribution in [3.05, 3.63) is 35.4 Å². The predicted molar refractivity (Wildman–Crippen MR) is 90.4 cm³/mol. The molecule has 1 aliphatic rings. The Labute approximate surface area is 154 Å². The Morgan fingerprint density at radius 3 is 2.63 bits per heavy atom. The van der Waals surface area contributed by atoms with E-state index in [9.17, 15) is 28.0 Å². The van der Waals surface area contributed by atoms with Crippen LogP contribution >= 0.6 is 0 Å². The zero-order chi connectivity index (χ0) is 20.2. The number of rotatable bonds is 6. The maximum atomic E-state index is 14.1. The molecule has 0 spiro atoms. The second-order valence-corrected chi connectivity index (χ2v) is 6.23. The molecule has 1 fully saturated rings. The molecule has 0 bridgehead atoms. The molecule has 2 rings (SSSR count). The summed E-state index contributed by atoms with van der Waals surface area (Å²) in [5.41, 5.74) is -2.23. The average molecular weight is 382 g/mol. The summed E-state index contributed by atoms with van der Waals surface area (Å²) < 4.78 is 27.5. The monoisotopic (exact) mass is 382 g/mol. The number of carbonyl (C=O) groups is 4. The Bertz CT molecular complexity index is 786. The molecular formula is C17H20F2N4O4. The van der Waals surface area contributed by atoms with Gasteiger partial charge in [0.05, 0.1) is 0 Å². The molecule has 0 radical (unpaired) electrons. The number of nitrogens with zero attached hydrogens (tertiary/aromatic N) is 1. The molecule has 3 N–H and O–H groups in total. The van der Waals surface area contributed by atoms with Gasteiger partial charge in [-0.15, -0.1) is 0 Å². The predicted octanol–water partition coefficient (Wildman–Crippen LogP) is 1.36. The van der Waals surface area contributed by atoms with Crippen LogP contribution in [0.1, 0.15) is 32.3 Å². The van der Waals surface area contributed by atoms with Gasteiger partial charge in [-0.05, 0) is 31.5 Å². The number of amides is 6. The standard InChI is InChI=1S/C17H20F2N4O4/c1-3-4-7-20-15(26)21-13(24)9-23-14(25)17(2,22-16(23)27)11-8-10(18)5-6-12(11)19/h5-6,8H,3-4,7,9H2,1-2H3,(H,22,27)(H2,20,21,24,26). The second-order valence-electron chi connectivity index (χ2n) is 6.23. The number of halogens is 2. The third-order valence-electron chi connectivity index (χ3n) is 4.11. The van der Waals surface area contributed by atoms with Gasteiger partial charge >= 0.3 is 12.1 Å². The van der Waals surface area contributed by atoms with Crippen LogP contribution in [0.25, 0.3) is 0 Å². The lowest BCUT2D eigenvalue weighted by molar-refractivity contribution is -0.134. The van der Waals surface area contributed by atoms with Crippen molar-refractivity contribution in [2.75, 3.05) is 13.1 Å². The first-order chi connectivity index (χ1) is 12.7. The van der Waals surface area contributed by atoms with Gasteiger partial charge in [-0.25, -0.2) is 18.4 Å². The quantitative estimate of drug-likeness (QED) is 0.510. The highest BCUT2D eigenvalue weighted by Gasteiger charge is 2.50. The van der Waals surface area contributed by atoms with Gasteiger partial charge in [0.2, 0.25) is 5.91 Å². The molecule has 1 aromatic carbocycles. The summed E-state index contributed by atoms with van der Waals surface area (Å²) >= 11 is 0. The minimum atomic E-state index is -1.87. The van der Waals surface area contributed by atoms with Crippen LogP contribution in [0.3, 0.4) is 0 Å². The van der Waals surface area contributed by atoms with Crippen LogP contribution in [-0.4, -0.2) is 41.9 Å². The van der Waals surface area contributed by atoms with Crippen LogP contribution in [0.4, 0.5) is 18.4 Å². The molecule has 0 aliphatic carbocycles. The van der Waals surface area contributed by atoms with Crippen LogP contribution in [0.5, 0.6) is 0 Å². The fourth-order valence-corrected chi connectivity index (χ4v) is 2.64. The van der Waals surface area contributed by atoms with Gasteiger partial charge in [0, 0.05) is 12.1 Å². The Balaban J connectivity index is 2.08. The van der Waals surface area contributed by atoms with Crippen molar-refractivity contribution in [3.63, 3.8) is 0 Å². The normalized spacial score (nSPS) is 19.0. The van der Waals surface area contributed by atoms with E-state index in [4.69, 9.17) is 0 Å². The van der Waals surface area contributed by atoms with E-state index in [1.54, 1.807) is 0 Å². The van der Waals surface area contributed by atoms with Crippen molar-refractivity contribution >= 4 is 23.9 Å². The van der Waals surface area contributed by atoms with Crippen molar-refractivity contribution in [2.24, 2.45) is 0 Å². The van der Waals surface area contributed by atoms with Crippen LogP contribution in [-0.2, 0) is 15.1 Å². The van der Waals surface area contributed by atoms with Gasteiger partial charge in [-0.3, -0.25) is 19.8 Å². The average Bonchev–Trinajstić information content (AvgIpc) is 2.81. The molecule has 10 heteroatoms. The van der Waals surface area contributed by atoms with Crippen LogP contribution < -0.4 is 16.0 Å². The number of carbonyl (C=O) groups excluding carboxylic acids is 4. The minimum Gasteiger partial charge on any atom is -0.338 e. The van der Waals surface area contributed by atoms with Crippen molar-refractivity contribution in [1.82, 2.24) is 20.9 Å². The largest absolute Gasteiger partial charge is 0.338 e. The highest BCUT2D eigenvalue weighted by Crippen LogP contribution is 2.31. The van der Waals surface area contributed by atoms with E-state index >= 15 is 0 Å². The number of hydrogen-bond acceptors (Lipinski definition) is 4. The summed E-state index contributed by atoms with van der Waals surface area (Å²) in [5.74, 6) is -3.49. The van der Waals surface area contributed by atoms with E-state index in [0.717, 1.165) is 31.0 Å². The number of nitrogens with one attached hydrogen (secondary N) is 3. The first kappa shape index (κ1) is 20.3. The first-order valence-electron chi connectivity index (χ1n) is 8.36. The van der Waals surface area contributed by atoms with E-state index < -0.39 is 47.6 Å². The van der Waals surface area contributed by atoms with Gasteiger partial charge in [-0.2, -0.15) is 0 Å². The molecule has 1 saturated heterocycles.